The molecule has 5 nitrogen and oxygen atoms in total. The van der Waals surface area contributed by atoms with Gasteiger partial charge in [-0.2, -0.15) is 0 Å². The van der Waals surface area contributed by atoms with Gasteiger partial charge in [0, 0.05) is 6.04 Å². The summed E-state index contributed by atoms with van der Waals surface area (Å²) in [6.45, 7) is 5.80. The average Bonchev–Trinajstić information content (AvgIpc) is 1.99. The molecule has 0 aliphatic carbocycles. The van der Waals surface area contributed by atoms with E-state index in [4.69, 9.17) is 5.11 Å². The first-order chi connectivity index (χ1) is 6.76. The van der Waals surface area contributed by atoms with E-state index >= 15 is 0 Å². The first-order valence-corrected chi connectivity index (χ1v) is 6.63. The van der Waals surface area contributed by atoms with Crippen LogP contribution < -0.4 is 4.72 Å². The van der Waals surface area contributed by atoms with Gasteiger partial charge in [-0.1, -0.05) is 20.3 Å². The van der Waals surface area contributed by atoms with Crippen molar-refractivity contribution in [3.05, 3.63) is 0 Å². The van der Waals surface area contributed by atoms with E-state index in [2.05, 4.69) is 4.72 Å². The molecule has 0 rings (SSSR count). The highest BCUT2D eigenvalue weighted by molar-refractivity contribution is 7.90. The van der Waals surface area contributed by atoms with Gasteiger partial charge < -0.3 is 5.11 Å². The first kappa shape index (κ1) is 14.4. The zero-order valence-corrected chi connectivity index (χ0v) is 10.2. The van der Waals surface area contributed by atoms with Crippen LogP contribution in [0.5, 0.6) is 0 Å². The van der Waals surface area contributed by atoms with Crippen LogP contribution in [0.1, 0.15) is 33.6 Å². The van der Waals surface area contributed by atoms with E-state index in [1.165, 1.54) is 0 Å². The minimum atomic E-state index is -3.68. The number of aliphatic carboxylic acids is 1. The van der Waals surface area contributed by atoms with Crippen LogP contribution in [0, 0.1) is 5.92 Å². The molecular weight excluding hydrogens is 218 g/mol. The molecule has 0 aliphatic heterocycles. The Morgan fingerprint density at radius 1 is 1.40 bits per heavy atom. The summed E-state index contributed by atoms with van der Waals surface area (Å²) in [6, 6.07) is -0.218. The zero-order chi connectivity index (χ0) is 12.1. The van der Waals surface area contributed by atoms with Crippen molar-refractivity contribution in [2.45, 2.75) is 39.7 Å². The lowest BCUT2D eigenvalue weighted by molar-refractivity contribution is -0.134. The number of hydrogen-bond acceptors (Lipinski definition) is 3. The van der Waals surface area contributed by atoms with Gasteiger partial charge in [0.05, 0.1) is 0 Å². The number of sulfonamides is 1. The topological polar surface area (TPSA) is 83.5 Å². The summed E-state index contributed by atoms with van der Waals surface area (Å²) in [6.07, 6.45) is 1.69. The lowest BCUT2D eigenvalue weighted by atomic mass is 10.0. The number of carbonyl (C=O) groups is 1. The fourth-order valence-corrected chi connectivity index (χ4v) is 2.45. The molecule has 0 fully saturated rings. The third-order valence-electron chi connectivity index (χ3n) is 2.15. The maximum Gasteiger partial charge on any atom is 0.320 e. The normalized spacial score (nSPS) is 15.9. The molecule has 2 unspecified atom stereocenters. The van der Waals surface area contributed by atoms with Gasteiger partial charge in [-0.25, -0.2) is 13.1 Å². The van der Waals surface area contributed by atoms with Crippen LogP contribution in [0.15, 0.2) is 0 Å². The molecule has 0 saturated carbocycles. The van der Waals surface area contributed by atoms with Crippen molar-refractivity contribution in [2.24, 2.45) is 5.92 Å². The van der Waals surface area contributed by atoms with Crippen LogP contribution in [0.4, 0.5) is 0 Å². The molecule has 0 aromatic rings. The second-order valence-electron chi connectivity index (χ2n) is 3.92. The van der Waals surface area contributed by atoms with Crippen molar-refractivity contribution in [3.63, 3.8) is 0 Å². The van der Waals surface area contributed by atoms with Crippen LogP contribution in [0.25, 0.3) is 0 Å². The summed E-state index contributed by atoms with van der Waals surface area (Å²) in [4.78, 5) is 10.3. The number of nitrogens with one attached hydrogen (secondary N) is 1. The smallest absolute Gasteiger partial charge is 0.320 e. The lowest BCUT2D eigenvalue weighted by Gasteiger charge is -2.16. The molecule has 6 heteroatoms. The highest BCUT2D eigenvalue weighted by Gasteiger charge is 2.19. The highest BCUT2D eigenvalue weighted by Crippen LogP contribution is 2.09. The molecule has 0 spiro atoms. The molecule has 0 aromatic heterocycles. The molecule has 90 valence electrons. The third kappa shape index (κ3) is 7.33. The average molecular weight is 237 g/mol. The summed E-state index contributed by atoms with van der Waals surface area (Å²) in [5, 5.41) is 8.37. The molecule has 0 amide bonds. The van der Waals surface area contributed by atoms with Crippen LogP contribution in [0.2, 0.25) is 0 Å². The second-order valence-corrected chi connectivity index (χ2v) is 5.67. The summed E-state index contributed by atoms with van der Waals surface area (Å²) in [5.74, 6) is -1.77. The minimum absolute atomic E-state index is 0.218. The van der Waals surface area contributed by atoms with E-state index in [1.807, 2.05) is 13.8 Å². The lowest BCUT2D eigenvalue weighted by Crippen LogP contribution is -2.37. The van der Waals surface area contributed by atoms with Gasteiger partial charge in [-0.15, -0.1) is 0 Å². The summed E-state index contributed by atoms with van der Waals surface area (Å²) in [7, 11) is -3.68. The van der Waals surface area contributed by atoms with Crippen molar-refractivity contribution in [1.29, 1.82) is 0 Å². The Labute approximate surface area is 90.9 Å². The van der Waals surface area contributed by atoms with Gasteiger partial charge in [0.15, 0.2) is 5.75 Å². The Bertz CT molecular complexity index is 299. The Morgan fingerprint density at radius 2 is 1.93 bits per heavy atom. The standard InChI is InChI=1S/C9H19NO4S/c1-4-7(2)5-8(3)10-15(13,14)6-9(11)12/h7-8,10H,4-6H2,1-3H3,(H,11,12). The molecule has 2 N–H and O–H groups in total. The number of carboxylic acid groups (broad SMARTS) is 1. The molecule has 0 aromatic carbocycles. The van der Waals surface area contributed by atoms with Gasteiger partial charge in [-0.3, -0.25) is 4.79 Å². The number of rotatable bonds is 7. The molecule has 2 atom stereocenters. The minimum Gasteiger partial charge on any atom is -0.480 e. The van der Waals surface area contributed by atoms with Crippen molar-refractivity contribution >= 4 is 16.0 Å². The van der Waals surface area contributed by atoms with E-state index in [0.717, 1.165) is 12.8 Å². The molecule has 0 bridgehead atoms. The highest BCUT2D eigenvalue weighted by atomic mass is 32.2. The quantitative estimate of drug-likeness (QED) is 0.686. The van der Waals surface area contributed by atoms with Gasteiger partial charge in [0.25, 0.3) is 0 Å². The molecule has 0 radical (unpaired) electrons. The Kier molecular flexibility index (Phi) is 5.82. The summed E-state index contributed by atoms with van der Waals surface area (Å²) >= 11 is 0. The Hall–Kier alpha value is -0.620. The molecule has 0 heterocycles. The fraction of sp³-hybridized carbons (Fsp3) is 0.889. The first-order valence-electron chi connectivity index (χ1n) is 4.98. The largest absolute Gasteiger partial charge is 0.480 e. The summed E-state index contributed by atoms with van der Waals surface area (Å²) in [5.41, 5.74) is 0. The third-order valence-corrected chi connectivity index (χ3v) is 3.54. The van der Waals surface area contributed by atoms with Crippen LogP contribution in [0.3, 0.4) is 0 Å². The number of hydrogen-bond donors (Lipinski definition) is 2. The zero-order valence-electron chi connectivity index (χ0n) is 9.36. The fourth-order valence-electron chi connectivity index (χ4n) is 1.33. The van der Waals surface area contributed by atoms with Crippen molar-refractivity contribution in [3.8, 4) is 0 Å². The van der Waals surface area contributed by atoms with Gasteiger partial charge in [-0.05, 0) is 19.3 Å². The second kappa shape index (κ2) is 6.07. The molecule has 0 aliphatic rings. The Morgan fingerprint density at radius 3 is 2.33 bits per heavy atom. The number of carboxylic acids is 1. The van der Waals surface area contributed by atoms with Crippen molar-refractivity contribution in [1.82, 2.24) is 4.72 Å². The van der Waals surface area contributed by atoms with E-state index < -0.39 is 21.7 Å². The van der Waals surface area contributed by atoms with Crippen LogP contribution in [-0.4, -0.2) is 31.3 Å². The van der Waals surface area contributed by atoms with Crippen molar-refractivity contribution < 1.29 is 18.3 Å². The van der Waals surface area contributed by atoms with Crippen molar-refractivity contribution in [2.75, 3.05) is 5.75 Å². The van der Waals surface area contributed by atoms with E-state index in [1.54, 1.807) is 6.92 Å². The molecular formula is C9H19NO4S. The van der Waals surface area contributed by atoms with Gasteiger partial charge in [0.1, 0.15) is 0 Å². The van der Waals surface area contributed by atoms with Crippen LogP contribution in [-0.2, 0) is 14.8 Å². The maximum atomic E-state index is 11.2. The van der Waals surface area contributed by atoms with E-state index in [-0.39, 0.29) is 6.04 Å². The van der Waals surface area contributed by atoms with E-state index in [9.17, 15) is 13.2 Å². The van der Waals surface area contributed by atoms with Gasteiger partial charge >= 0.3 is 5.97 Å². The predicted molar refractivity (Wildman–Crippen MR) is 58.1 cm³/mol. The predicted octanol–water partition coefficient (Wildman–Crippen LogP) is 0.815. The van der Waals surface area contributed by atoms with Gasteiger partial charge in [0.2, 0.25) is 10.0 Å². The molecule has 15 heavy (non-hydrogen) atoms. The SMILES string of the molecule is CCC(C)CC(C)NS(=O)(=O)CC(=O)O. The maximum absolute atomic E-state index is 11.2. The Balaban J connectivity index is 4.16. The summed E-state index contributed by atoms with van der Waals surface area (Å²) < 4.78 is 24.8. The molecule has 0 saturated heterocycles. The van der Waals surface area contributed by atoms with Crippen LogP contribution >= 0.6 is 0 Å². The van der Waals surface area contributed by atoms with E-state index in [0.29, 0.717) is 5.92 Å². The monoisotopic (exact) mass is 237 g/mol.